The van der Waals surface area contributed by atoms with Crippen molar-refractivity contribution >= 4 is 61.6 Å². The highest BCUT2D eigenvalue weighted by Gasteiger charge is 2.24. The average Bonchev–Trinajstić information content (AvgIpc) is 2.99. The molecule has 8 heteroatoms. The number of anilines is 1. The van der Waals surface area contributed by atoms with Crippen molar-refractivity contribution in [3.8, 4) is 0 Å². The normalized spacial score (nSPS) is 15.0. The quantitative estimate of drug-likeness (QED) is 0.557. The number of nitrogens with one attached hydrogen (secondary N) is 1. The molecule has 2 aromatic carbocycles. The van der Waals surface area contributed by atoms with Crippen LogP contribution in [0.2, 0.25) is 0 Å². The highest BCUT2D eigenvalue weighted by Crippen LogP contribution is 2.33. The van der Waals surface area contributed by atoms with Crippen molar-refractivity contribution in [1.29, 1.82) is 0 Å². The SMILES string of the molecule is Cl.O=S(=O)(c1ccccc1)n1c(I)cc2c(N3CCNCC3)cccc21. The summed E-state index contributed by atoms with van der Waals surface area (Å²) < 4.78 is 28.4. The van der Waals surface area contributed by atoms with E-state index in [2.05, 4.69) is 38.9 Å². The molecule has 0 unspecified atom stereocenters. The van der Waals surface area contributed by atoms with Gasteiger partial charge in [-0.15, -0.1) is 12.4 Å². The molecule has 0 bridgehead atoms. The molecule has 2 heterocycles. The van der Waals surface area contributed by atoms with Gasteiger partial charge in [-0.1, -0.05) is 24.3 Å². The van der Waals surface area contributed by atoms with Gasteiger partial charge in [0.1, 0.15) is 0 Å². The van der Waals surface area contributed by atoms with E-state index in [1.54, 1.807) is 24.3 Å². The highest BCUT2D eigenvalue weighted by atomic mass is 127. The van der Waals surface area contributed by atoms with Gasteiger partial charge in [-0.05, 0) is 52.9 Å². The van der Waals surface area contributed by atoms with E-state index in [0.717, 1.165) is 42.8 Å². The Morgan fingerprint density at radius 1 is 0.962 bits per heavy atom. The fourth-order valence-corrected chi connectivity index (χ4v) is 6.04. The molecular formula is C18H19ClIN3O2S. The van der Waals surface area contributed by atoms with Crippen molar-refractivity contribution in [2.45, 2.75) is 4.90 Å². The van der Waals surface area contributed by atoms with E-state index < -0.39 is 10.0 Å². The summed E-state index contributed by atoms with van der Waals surface area (Å²) in [4.78, 5) is 2.62. The molecular weight excluding hydrogens is 485 g/mol. The van der Waals surface area contributed by atoms with Crippen molar-refractivity contribution in [3.63, 3.8) is 0 Å². The zero-order valence-corrected chi connectivity index (χ0v) is 17.7. The summed E-state index contributed by atoms with van der Waals surface area (Å²) in [6.07, 6.45) is 0. The van der Waals surface area contributed by atoms with Crippen LogP contribution in [0.5, 0.6) is 0 Å². The van der Waals surface area contributed by atoms with Crippen LogP contribution in [0.1, 0.15) is 0 Å². The molecule has 1 aliphatic rings. The fraction of sp³-hybridized carbons (Fsp3) is 0.222. The number of piperazine rings is 1. The molecule has 4 rings (SSSR count). The van der Waals surface area contributed by atoms with Crippen LogP contribution >= 0.6 is 35.0 Å². The van der Waals surface area contributed by atoms with Gasteiger partial charge in [0, 0.05) is 37.3 Å². The monoisotopic (exact) mass is 503 g/mol. The molecule has 0 atom stereocenters. The topological polar surface area (TPSA) is 54.3 Å². The fourth-order valence-electron chi connectivity index (χ4n) is 3.28. The predicted molar refractivity (Wildman–Crippen MR) is 116 cm³/mol. The maximum absolute atomic E-state index is 13.2. The predicted octanol–water partition coefficient (Wildman–Crippen LogP) is 3.31. The van der Waals surface area contributed by atoms with Crippen LogP contribution < -0.4 is 10.2 Å². The zero-order valence-electron chi connectivity index (χ0n) is 13.9. The second-order valence-electron chi connectivity index (χ2n) is 6.00. The minimum atomic E-state index is -3.62. The van der Waals surface area contributed by atoms with Crippen molar-refractivity contribution in [3.05, 3.63) is 58.3 Å². The Hall–Kier alpha value is -1.29. The number of hydrogen-bond acceptors (Lipinski definition) is 4. The van der Waals surface area contributed by atoms with Crippen LogP contribution in [-0.4, -0.2) is 38.6 Å². The average molecular weight is 504 g/mol. The first kappa shape index (κ1) is 19.5. The largest absolute Gasteiger partial charge is 0.368 e. The summed E-state index contributed by atoms with van der Waals surface area (Å²) in [5.74, 6) is 0. The second-order valence-corrected chi connectivity index (χ2v) is 8.89. The van der Waals surface area contributed by atoms with Gasteiger partial charge in [0.2, 0.25) is 0 Å². The van der Waals surface area contributed by atoms with Crippen molar-refractivity contribution < 1.29 is 8.42 Å². The van der Waals surface area contributed by atoms with Crippen LogP contribution in [0.3, 0.4) is 0 Å². The van der Waals surface area contributed by atoms with E-state index in [9.17, 15) is 8.42 Å². The summed E-state index contributed by atoms with van der Waals surface area (Å²) in [6, 6.07) is 16.4. The van der Waals surface area contributed by atoms with Crippen molar-refractivity contribution in [1.82, 2.24) is 9.29 Å². The first-order valence-electron chi connectivity index (χ1n) is 8.15. The van der Waals surface area contributed by atoms with Gasteiger partial charge in [-0.3, -0.25) is 0 Å². The van der Waals surface area contributed by atoms with Crippen LogP contribution in [0.4, 0.5) is 5.69 Å². The molecule has 1 fully saturated rings. The van der Waals surface area contributed by atoms with Gasteiger partial charge in [0.05, 0.1) is 14.1 Å². The first-order chi connectivity index (χ1) is 12.1. The molecule has 26 heavy (non-hydrogen) atoms. The number of halogens is 2. The number of aromatic nitrogens is 1. The van der Waals surface area contributed by atoms with Crippen molar-refractivity contribution in [2.75, 3.05) is 31.1 Å². The van der Waals surface area contributed by atoms with Gasteiger partial charge in [0.15, 0.2) is 0 Å². The Bertz CT molecular complexity index is 1020. The lowest BCUT2D eigenvalue weighted by molar-refractivity contribution is 0.588. The number of nitrogens with zero attached hydrogens (tertiary/aromatic N) is 2. The Balaban J connectivity index is 0.00000196. The highest BCUT2D eigenvalue weighted by molar-refractivity contribution is 14.1. The maximum atomic E-state index is 13.2. The molecule has 1 aromatic heterocycles. The Morgan fingerprint density at radius 3 is 2.35 bits per heavy atom. The molecule has 1 saturated heterocycles. The molecule has 0 amide bonds. The smallest absolute Gasteiger partial charge is 0.269 e. The van der Waals surface area contributed by atoms with E-state index in [1.165, 1.54) is 3.97 Å². The summed E-state index contributed by atoms with van der Waals surface area (Å²) in [6.45, 7) is 3.73. The zero-order chi connectivity index (χ0) is 17.4. The summed E-state index contributed by atoms with van der Waals surface area (Å²) in [5, 5.41) is 4.33. The van der Waals surface area contributed by atoms with E-state index in [1.807, 2.05) is 24.3 Å². The lowest BCUT2D eigenvalue weighted by Gasteiger charge is -2.30. The van der Waals surface area contributed by atoms with Crippen LogP contribution in [0.25, 0.3) is 10.9 Å². The first-order valence-corrected chi connectivity index (χ1v) is 10.7. The van der Waals surface area contributed by atoms with Gasteiger partial charge < -0.3 is 10.2 Å². The molecule has 0 saturated carbocycles. The van der Waals surface area contributed by atoms with Gasteiger partial charge in [-0.2, -0.15) is 0 Å². The molecule has 3 aromatic rings. The van der Waals surface area contributed by atoms with E-state index in [4.69, 9.17) is 0 Å². The van der Waals surface area contributed by atoms with Crippen LogP contribution in [-0.2, 0) is 10.0 Å². The molecule has 5 nitrogen and oxygen atoms in total. The van der Waals surface area contributed by atoms with Gasteiger partial charge >= 0.3 is 0 Å². The number of fused-ring (bicyclic) bond motifs is 1. The Kier molecular flexibility index (Phi) is 5.81. The molecule has 1 aliphatic heterocycles. The maximum Gasteiger partial charge on any atom is 0.269 e. The van der Waals surface area contributed by atoms with Crippen molar-refractivity contribution in [2.24, 2.45) is 0 Å². The van der Waals surface area contributed by atoms with Gasteiger partial charge in [0.25, 0.3) is 10.0 Å². The van der Waals surface area contributed by atoms with E-state index >= 15 is 0 Å². The summed E-state index contributed by atoms with van der Waals surface area (Å²) in [7, 11) is -3.62. The van der Waals surface area contributed by atoms with E-state index in [-0.39, 0.29) is 12.4 Å². The molecule has 0 radical (unpaired) electrons. The van der Waals surface area contributed by atoms with Crippen LogP contribution in [0, 0.1) is 3.70 Å². The number of hydrogen-bond donors (Lipinski definition) is 1. The third-order valence-corrected chi connectivity index (χ3v) is 7.34. The molecule has 0 spiro atoms. The summed E-state index contributed by atoms with van der Waals surface area (Å²) >= 11 is 2.11. The third kappa shape index (κ3) is 3.33. The summed E-state index contributed by atoms with van der Waals surface area (Å²) in [5.41, 5.74) is 1.82. The van der Waals surface area contributed by atoms with Gasteiger partial charge in [-0.25, -0.2) is 12.4 Å². The minimum Gasteiger partial charge on any atom is -0.368 e. The number of benzene rings is 2. The molecule has 0 aliphatic carbocycles. The lowest BCUT2D eigenvalue weighted by Crippen LogP contribution is -2.43. The minimum absolute atomic E-state index is 0. The molecule has 1 N–H and O–H groups in total. The third-order valence-electron chi connectivity index (χ3n) is 4.48. The lowest BCUT2D eigenvalue weighted by atomic mass is 10.2. The van der Waals surface area contributed by atoms with Crippen LogP contribution in [0.15, 0.2) is 59.5 Å². The number of rotatable bonds is 3. The second kappa shape index (κ2) is 7.75. The molecule has 138 valence electrons. The Morgan fingerprint density at radius 2 is 1.65 bits per heavy atom. The Labute approximate surface area is 173 Å². The standard InChI is InChI=1S/C18H18IN3O2S.ClH/c19-18-13-15-16(21-11-9-20-10-12-21)7-4-8-17(15)22(18)25(23,24)14-5-2-1-3-6-14;/h1-8,13,20H,9-12H2;1H. The van der Waals surface area contributed by atoms with E-state index in [0.29, 0.717) is 8.60 Å².